The van der Waals surface area contributed by atoms with E-state index in [9.17, 15) is 4.79 Å². The normalized spacial score (nSPS) is 15.1. The van der Waals surface area contributed by atoms with Gasteiger partial charge in [-0.05, 0) is 25.1 Å². The zero-order valence-electron chi connectivity index (χ0n) is 14.2. The molecule has 24 heavy (non-hydrogen) atoms. The van der Waals surface area contributed by atoms with Crippen molar-refractivity contribution < 1.29 is 14.3 Å². The van der Waals surface area contributed by atoms with Gasteiger partial charge in [-0.25, -0.2) is 0 Å². The van der Waals surface area contributed by atoms with E-state index in [0.717, 1.165) is 19.6 Å². The molecular formula is C18H25N3O3. The Balaban J connectivity index is 1.85. The third kappa shape index (κ3) is 5.52. The third-order valence-corrected chi connectivity index (χ3v) is 3.98. The third-order valence-electron chi connectivity index (χ3n) is 3.98. The van der Waals surface area contributed by atoms with E-state index in [1.54, 1.807) is 6.07 Å². The molecule has 1 aromatic carbocycles. The van der Waals surface area contributed by atoms with Crippen molar-refractivity contribution in [2.24, 2.45) is 0 Å². The van der Waals surface area contributed by atoms with Crippen molar-refractivity contribution in [2.75, 3.05) is 52.5 Å². The number of carbonyl (C=O) groups excluding carboxylic acids is 1. The van der Waals surface area contributed by atoms with E-state index in [1.807, 2.05) is 30.0 Å². The Labute approximate surface area is 143 Å². The van der Waals surface area contributed by atoms with E-state index in [1.165, 1.54) is 0 Å². The summed E-state index contributed by atoms with van der Waals surface area (Å²) in [7, 11) is 0. The number of nitriles is 1. The quantitative estimate of drug-likeness (QED) is 0.679. The first-order valence-electron chi connectivity index (χ1n) is 8.43. The minimum atomic E-state index is 0.0326. The second-order valence-electron chi connectivity index (χ2n) is 5.62. The number of rotatable bonds is 8. The van der Waals surface area contributed by atoms with E-state index in [2.05, 4.69) is 11.0 Å². The summed E-state index contributed by atoms with van der Waals surface area (Å²) >= 11 is 0. The topological polar surface area (TPSA) is 65.8 Å². The van der Waals surface area contributed by atoms with Gasteiger partial charge >= 0.3 is 0 Å². The van der Waals surface area contributed by atoms with E-state index in [4.69, 9.17) is 14.7 Å². The van der Waals surface area contributed by atoms with Crippen molar-refractivity contribution >= 4 is 5.91 Å². The maximum absolute atomic E-state index is 12.6. The molecule has 130 valence electrons. The van der Waals surface area contributed by atoms with Gasteiger partial charge in [0.15, 0.2) is 0 Å². The summed E-state index contributed by atoms with van der Waals surface area (Å²) in [5, 5.41) is 8.64. The van der Waals surface area contributed by atoms with Crippen LogP contribution >= 0.6 is 0 Å². The Bertz CT molecular complexity index is 563. The van der Waals surface area contributed by atoms with Crippen LogP contribution in [0.1, 0.15) is 23.7 Å². The summed E-state index contributed by atoms with van der Waals surface area (Å²) in [6.45, 7) is 7.43. The van der Waals surface area contributed by atoms with Crippen LogP contribution in [0.5, 0.6) is 5.75 Å². The number of piperazine rings is 1. The van der Waals surface area contributed by atoms with E-state index >= 15 is 0 Å². The molecule has 6 nitrogen and oxygen atoms in total. The number of carbonyl (C=O) groups is 1. The molecule has 1 aliphatic rings. The van der Waals surface area contributed by atoms with Crippen LogP contribution in [-0.2, 0) is 4.74 Å². The Morgan fingerprint density at radius 3 is 2.75 bits per heavy atom. The lowest BCUT2D eigenvalue weighted by Gasteiger charge is -2.34. The van der Waals surface area contributed by atoms with Crippen molar-refractivity contribution in [3.8, 4) is 11.8 Å². The smallest absolute Gasteiger partial charge is 0.254 e. The highest BCUT2D eigenvalue weighted by atomic mass is 16.5. The average molecular weight is 331 g/mol. The van der Waals surface area contributed by atoms with Gasteiger partial charge in [-0.3, -0.25) is 9.69 Å². The zero-order valence-corrected chi connectivity index (χ0v) is 14.2. The second kappa shape index (κ2) is 9.91. The predicted molar refractivity (Wildman–Crippen MR) is 91.0 cm³/mol. The fraction of sp³-hybridized carbons (Fsp3) is 0.556. The van der Waals surface area contributed by atoms with Gasteiger partial charge in [-0.1, -0.05) is 6.07 Å². The van der Waals surface area contributed by atoms with Crippen LogP contribution in [0.25, 0.3) is 0 Å². The molecule has 1 amide bonds. The lowest BCUT2D eigenvalue weighted by Crippen LogP contribution is -2.48. The fourth-order valence-corrected chi connectivity index (χ4v) is 2.65. The van der Waals surface area contributed by atoms with Crippen molar-refractivity contribution in [2.45, 2.75) is 13.3 Å². The Morgan fingerprint density at radius 1 is 1.25 bits per heavy atom. The summed E-state index contributed by atoms with van der Waals surface area (Å²) < 4.78 is 10.9. The molecule has 0 aliphatic carbocycles. The summed E-state index contributed by atoms with van der Waals surface area (Å²) in [6, 6.07) is 9.46. The van der Waals surface area contributed by atoms with Gasteiger partial charge in [0.25, 0.3) is 5.91 Å². The van der Waals surface area contributed by atoms with E-state index in [0.29, 0.717) is 50.6 Å². The van der Waals surface area contributed by atoms with Gasteiger partial charge < -0.3 is 14.4 Å². The largest absolute Gasteiger partial charge is 0.491 e. The first-order valence-corrected chi connectivity index (χ1v) is 8.43. The van der Waals surface area contributed by atoms with Gasteiger partial charge in [-0.2, -0.15) is 5.26 Å². The highest BCUT2D eigenvalue weighted by Crippen LogP contribution is 2.16. The van der Waals surface area contributed by atoms with E-state index < -0.39 is 0 Å². The monoisotopic (exact) mass is 331 g/mol. The fourth-order valence-electron chi connectivity index (χ4n) is 2.65. The molecular weight excluding hydrogens is 306 g/mol. The standard InChI is InChI=1S/C18H25N3O3/c1-2-23-13-14-24-17-6-3-5-16(15-17)18(22)21-11-9-20(10-12-21)8-4-7-19/h3,5-6,15H,2,4,8-14H2,1H3. The van der Waals surface area contributed by atoms with Crippen molar-refractivity contribution in [3.05, 3.63) is 29.8 Å². The number of nitrogens with zero attached hydrogens (tertiary/aromatic N) is 3. The first kappa shape index (κ1) is 18.2. The van der Waals surface area contributed by atoms with Crippen molar-refractivity contribution in [3.63, 3.8) is 0 Å². The van der Waals surface area contributed by atoms with Crippen molar-refractivity contribution in [1.29, 1.82) is 5.26 Å². The Hall–Kier alpha value is -2.10. The van der Waals surface area contributed by atoms with Gasteiger partial charge in [0.2, 0.25) is 0 Å². The Morgan fingerprint density at radius 2 is 2.04 bits per heavy atom. The van der Waals surface area contributed by atoms with Gasteiger partial charge in [0.05, 0.1) is 12.7 Å². The van der Waals surface area contributed by atoms with Crippen LogP contribution in [0.2, 0.25) is 0 Å². The van der Waals surface area contributed by atoms with Gasteiger partial charge in [0.1, 0.15) is 12.4 Å². The van der Waals surface area contributed by atoms with Gasteiger partial charge in [-0.15, -0.1) is 0 Å². The first-order chi connectivity index (χ1) is 11.7. The second-order valence-corrected chi connectivity index (χ2v) is 5.62. The van der Waals surface area contributed by atoms with Crippen LogP contribution < -0.4 is 4.74 Å². The number of benzene rings is 1. The number of ether oxygens (including phenoxy) is 2. The summed E-state index contributed by atoms with van der Waals surface area (Å²) in [5.74, 6) is 0.721. The summed E-state index contributed by atoms with van der Waals surface area (Å²) in [6.07, 6.45) is 0.537. The minimum absolute atomic E-state index is 0.0326. The molecule has 1 saturated heterocycles. The SMILES string of the molecule is CCOCCOc1cccc(C(=O)N2CCN(CCC#N)CC2)c1. The summed E-state index contributed by atoms with van der Waals surface area (Å²) in [4.78, 5) is 16.7. The van der Waals surface area contributed by atoms with E-state index in [-0.39, 0.29) is 5.91 Å². The lowest BCUT2D eigenvalue weighted by atomic mass is 10.1. The molecule has 0 N–H and O–H groups in total. The van der Waals surface area contributed by atoms with Crippen molar-refractivity contribution in [1.82, 2.24) is 9.80 Å². The molecule has 1 heterocycles. The van der Waals surface area contributed by atoms with Crippen LogP contribution in [0.3, 0.4) is 0 Å². The molecule has 0 spiro atoms. The average Bonchev–Trinajstić information content (AvgIpc) is 2.64. The molecule has 0 radical (unpaired) electrons. The molecule has 1 aliphatic heterocycles. The predicted octanol–water partition coefficient (Wildman–Crippen LogP) is 1.77. The Kier molecular flexibility index (Phi) is 7.53. The number of amides is 1. The molecule has 6 heteroatoms. The summed E-state index contributed by atoms with van der Waals surface area (Å²) in [5.41, 5.74) is 0.648. The minimum Gasteiger partial charge on any atom is -0.491 e. The molecule has 1 fully saturated rings. The highest BCUT2D eigenvalue weighted by Gasteiger charge is 2.22. The molecule has 1 aromatic rings. The maximum atomic E-state index is 12.6. The maximum Gasteiger partial charge on any atom is 0.254 e. The molecule has 0 saturated carbocycles. The van der Waals surface area contributed by atoms with Crippen LogP contribution in [0, 0.1) is 11.3 Å². The zero-order chi connectivity index (χ0) is 17.2. The van der Waals surface area contributed by atoms with Crippen LogP contribution in [0.4, 0.5) is 0 Å². The highest BCUT2D eigenvalue weighted by molar-refractivity contribution is 5.94. The van der Waals surface area contributed by atoms with Crippen LogP contribution in [0.15, 0.2) is 24.3 Å². The molecule has 0 aromatic heterocycles. The number of hydrogen-bond acceptors (Lipinski definition) is 5. The van der Waals surface area contributed by atoms with Gasteiger partial charge in [0, 0.05) is 51.3 Å². The lowest BCUT2D eigenvalue weighted by molar-refractivity contribution is 0.0639. The van der Waals surface area contributed by atoms with Crippen LogP contribution in [-0.4, -0.2) is 68.3 Å². The molecule has 0 atom stereocenters. The molecule has 0 bridgehead atoms. The number of hydrogen-bond donors (Lipinski definition) is 0. The molecule has 2 rings (SSSR count). The molecule has 0 unspecified atom stereocenters.